The zero-order valence-electron chi connectivity index (χ0n) is 18.2. The molecule has 0 spiro atoms. The molecule has 3 N–H and O–H groups in total. The summed E-state index contributed by atoms with van der Waals surface area (Å²) in [5.41, 5.74) is 6.91. The second kappa shape index (κ2) is 10.5. The van der Waals surface area contributed by atoms with Crippen LogP contribution in [0.3, 0.4) is 0 Å². The smallest absolute Gasteiger partial charge is 0.342 e. The first-order chi connectivity index (χ1) is 15.3. The molecule has 0 aliphatic carbocycles. The Kier molecular flexibility index (Phi) is 7.79. The molecule has 3 rings (SSSR count). The molecule has 172 valence electrons. The number of nitrogens with zero attached hydrogens (tertiary/aromatic N) is 4. The Morgan fingerprint density at radius 3 is 2.69 bits per heavy atom. The highest BCUT2D eigenvalue weighted by molar-refractivity contribution is 7.57. The van der Waals surface area contributed by atoms with Crippen LogP contribution in [0.15, 0.2) is 43.0 Å². The third-order valence-corrected chi connectivity index (χ3v) is 6.35. The molecule has 0 saturated heterocycles. The zero-order chi connectivity index (χ0) is 23.1. The van der Waals surface area contributed by atoms with E-state index < -0.39 is 19.5 Å². The molecule has 1 unspecified atom stereocenters. The quantitative estimate of drug-likeness (QED) is 0.322. The largest absolute Gasteiger partial charge is 0.468 e. The normalized spacial score (nSPS) is 15.1. The van der Waals surface area contributed by atoms with Gasteiger partial charge in [-0.25, -0.2) is 20.0 Å². The lowest BCUT2D eigenvalue weighted by molar-refractivity contribution is -0.142. The fourth-order valence-corrected chi connectivity index (χ4v) is 4.88. The molecule has 0 aliphatic rings. The number of nitrogens with one attached hydrogen (secondary N) is 1. The lowest BCUT2D eigenvalue weighted by Gasteiger charge is -2.25. The average molecular weight is 462 g/mol. The predicted molar refractivity (Wildman–Crippen MR) is 119 cm³/mol. The first kappa shape index (κ1) is 23.6. The molecular formula is C20H27N6O5P. The molecule has 11 nitrogen and oxygen atoms in total. The maximum absolute atomic E-state index is 13.6. The number of rotatable bonds is 11. The molecular weight excluding hydrogens is 435 g/mol. The summed E-state index contributed by atoms with van der Waals surface area (Å²) in [5.74, 6) is 0.160. The Hall–Kier alpha value is -3.01. The number of ether oxygens (including phenoxy) is 2. The first-order valence-corrected chi connectivity index (χ1v) is 11.9. The number of benzene rings is 1. The zero-order valence-corrected chi connectivity index (χ0v) is 19.1. The minimum atomic E-state index is -3.62. The van der Waals surface area contributed by atoms with Crippen molar-refractivity contribution in [2.24, 2.45) is 0 Å². The lowest BCUT2D eigenvalue weighted by atomic mass is 10.2. The van der Waals surface area contributed by atoms with Gasteiger partial charge < -0.3 is 24.3 Å². The molecule has 0 bridgehead atoms. The van der Waals surface area contributed by atoms with E-state index in [4.69, 9.17) is 19.7 Å². The summed E-state index contributed by atoms with van der Waals surface area (Å²) in [5, 5.41) is 2.81. The number of nitrogens with two attached hydrogens (primary N) is 1. The van der Waals surface area contributed by atoms with E-state index >= 15 is 0 Å². The molecule has 0 radical (unpaired) electrons. The number of imidazole rings is 1. The SMILES string of the molecule is CC[C@H](NP(=O)(CO[C@H](C)Cn1cnc2c(N)ncnc21)Oc1ccccc1)C(=O)OC. The minimum absolute atomic E-state index is 0.264. The van der Waals surface area contributed by atoms with E-state index in [1.807, 2.05) is 13.0 Å². The van der Waals surface area contributed by atoms with Gasteiger partial charge in [-0.05, 0) is 25.5 Å². The molecule has 2 heterocycles. The minimum Gasteiger partial charge on any atom is -0.468 e. The van der Waals surface area contributed by atoms with E-state index in [2.05, 4.69) is 20.0 Å². The van der Waals surface area contributed by atoms with Crippen molar-refractivity contribution in [3.05, 3.63) is 43.0 Å². The molecule has 32 heavy (non-hydrogen) atoms. The van der Waals surface area contributed by atoms with Gasteiger partial charge in [0.2, 0.25) is 0 Å². The highest BCUT2D eigenvalue weighted by atomic mass is 31.2. The second-order valence-corrected chi connectivity index (χ2v) is 9.17. The monoisotopic (exact) mass is 462 g/mol. The van der Waals surface area contributed by atoms with Gasteiger partial charge in [0.15, 0.2) is 11.5 Å². The molecule has 0 saturated carbocycles. The number of nitrogen functional groups attached to an aromatic ring is 1. The van der Waals surface area contributed by atoms with Crippen molar-refractivity contribution in [1.29, 1.82) is 0 Å². The van der Waals surface area contributed by atoms with E-state index in [-0.39, 0.29) is 12.5 Å². The Morgan fingerprint density at radius 2 is 2.00 bits per heavy atom. The van der Waals surface area contributed by atoms with Crippen molar-refractivity contribution in [1.82, 2.24) is 24.6 Å². The van der Waals surface area contributed by atoms with Gasteiger partial charge in [-0.1, -0.05) is 25.1 Å². The maximum atomic E-state index is 13.6. The summed E-state index contributed by atoms with van der Waals surface area (Å²) < 4.78 is 31.8. The van der Waals surface area contributed by atoms with Crippen LogP contribution in [0, 0.1) is 0 Å². The molecule has 0 amide bonds. The van der Waals surface area contributed by atoms with E-state index in [1.54, 1.807) is 42.1 Å². The molecule has 0 aliphatic heterocycles. The van der Waals surface area contributed by atoms with E-state index in [9.17, 15) is 9.36 Å². The number of methoxy groups -OCH3 is 1. The number of aromatic nitrogens is 4. The number of anilines is 1. The summed E-state index contributed by atoms with van der Waals surface area (Å²) in [4.78, 5) is 24.4. The summed E-state index contributed by atoms with van der Waals surface area (Å²) in [6.07, 6.45) is 2.69. The second-order valence-electron chi connectivity index (χ2n) is 7.13. The van der Waals surface area contributed by atoms with Gasteiger partial charge in [0.1, 0.15) is 30.0 Å². The van der Waals surface area contributed by atoms with E-state index in [0.29, 0.717) is 35.7 Å². The van der Waals surface area contributed by atoms with Crippen molar-refractivity contribution in [3.8, 4) is 5.75 Å². The number of para-hydroxylation sites is 1. The third kappa shape index (κ3) is 5.82. The number of fused-ring (bicyclic) bond motifs is 1. The highest BCUT2D eigenvalue weighted by Crippen LogP contribution is 2.44. The van der Waals surface area contributed by atoms with Crippen LogP contribution in [0.5, 0.6) is 5.75 Å². The van der Waals surface area contributed by atoms with Crippen LogP contribution in [-0.4, -0.2) is 51.1 Å². The number of esters is 1. The van der Waals surface area contributed by atoms with Gasteiger partial charge >= 0.3 is 13.5 Å². The summed E-state index contributed by atoms with van der Waals surface area (Å²) in [6.45, 7) is 3.98. The average Bonchev–Trinajstić information content (AvgIpc) is 3.20. The van der Waals surface area contributed by atoms with Gasteiger partial charge in [0, 0.05) is 0 Å². The van der Waals surface area contributed by atoms with Crippen LogP contribution < -0.4 is 15.3 Å². The van der Waals surface area contributed by atoms with E-state index in [0.717, 1.165) is 0 Å². The molecule has 3 atom stereocenters. The van der Waals surface area contributed by atoms with E-state index in [1.165, 1.54) is 13.4 Å². The third-order valence-electron chi connectivity index (χ3n) is 4.65. The molecule has 12 heteroatoms. The van der Waals surface area contributed by atoms with Crippen LogP contribution in [0.25, 0.3) is 11.2 Å². The van der Waals surface area contributed by atoms with Crippen LogP contribution in [0.1, 0.15) is 20.3 Å². The van der Waals surface area contributed by atoms with Gasteiger partial charge in [-0.3, -0.25) is 9.36 Å². The highest BCUT2D eigenvalue weighted by Gasteiger charge is 2.32. The van der Waals surface area contributed by atoms with Gasteiger partial charge in [0.25, 0.3) is 0 Å². The fraction of sp³-hybridized carbons (Fsp3) is 0.400. The summed E-state index contributed by atoms with van der Waals surface area (Å²) in [6, 6.07) is 7.90. The number of hydrogen-bond donors (Lipinski definition) is 2. The van der Waals surface area contributed by atoms with Crippen molar-refractivity contribution < 1.29 is 23.4 Å². The molecule has 1 aromatic carbocycles. The molecule has 0 fully saturated rings. The van der Waals surface area contributed by atoms with Crippen LogP contribution in [0.4, 0.5) is 5.82 Å². The van der Waals surface area contributed by atoms with Crippen LogP contribution in [-0.2, 0) is 25.4 Å². The van der Waals surface area contributed by atoms with Crippen molar-refractivity contribution in [2.75, 3.05) is 19.2 Å². The maximum Gasteiger partial charge on any atom is 0.342 e. The molecule has 3 aromatic rings. The van der Waals surface area contributed by atoms with Gasteiger partial charge in [0.05, 0.1) is 26.1 Å². The predicted octanol–water partition coefficient (Wildman–Crippen LogP) is 2.58. The Labute approximate surface area is 185 Å². The van der Waals surface area contributed by atoms with Crippen molar-refractivity contribution in [3.63, 3.8) is 0 Å². The van der Waals surface area contributed by atoms with Crippen molar-refractivity contribution >= 4 is 30.5 Å². The summed E-state index contributed by atoms with van der Waals surface area (Å²) >= 11 is 0. The fourth-order valence-electron chi connectivity index (χ4n) is 3.02. The van der Waals surface area contributed by atoms with Crippen molar-refractivity contribution in [2.45, 2.75) is 39.0 Å². The van der Waals surface area contributed by atoms with Gasteiger partial charge in [-0.2, -0.15) is 0 Å². The first-order valence-electron chi connectivity index (χ1n) is 10.1. The summed E-state index contributed by atoms with van der Waals surface area (Å²) in [7, 11) is -2.35. The standard InChI is InChI=1S/C20H27N6O5P/c1-4-16(20(27)29-3)25-32(28,31-15-8-6-5-7-9-15)13-30-14(2)10-26-12-24-17-18(21)22-11-23-19(17)26/h5-9,11-12,14,16H,4,10,13H2,1-3H3,(H,25,28)(H2,21,22,23)/t14-,16+,32?/m1/s1. The Morgan fingerprint density at radius 1 is 1.25 bits per heavy atom. The van der Waals surface area contributed by atoms with Crippen LogP contribution >= 0.6 is 7.52 Å². The number of carbonyl (C=O) groups excluding carboxylic acids is 1. The van der Waals surface area contributed by atoms with Crippen LogP contribution in [0.2, 0.25) is 0 Å². The Bertz CT molecular complexity index is 1090. The Balaban J connectivity index is 1.72. The van der Waals surface area contributed by atoms with Gasteiger partial charge in [-0.15, -0.1) is 0 Å². The molecule has 2 aromatic heterocycles. The topological polar surface area (TPSA) is 143 Å². The number of hydrogen-bond acceptors (Lipinski definition) is 9. The number of carbonyl (C=O) groups is 1. The lowest BCUT2D eigenvalue weighted by Crippen LogP contribution is -2.37.